The van der Waals surface area contributed by atoms with Crippen molar-refractivity contribution in [3.8, 4) is 5.75 Å². The van der Waals surface area contributed by atoms with E-state index in [0.717, 1.165) is 22.2 Å². The number of aromatic amines is 1. The summed E-state index contributed by atoms with van der Waals surface area (Å²) in [5, 5.41) is 11.4. The van der Waals surface area contributed by atoms with Crippen molar-refractivity contribution in [3.05, 3.63) is 71.4 Å². The van der Waals surface area contributed by atoms with Gasteiger partial charge < -0.3 is 19.7 Å². The van der Waals surface area contributed by atoms with Crippen LogP contribution in [0.4, 0.5) is 0 Å². The van der Waals surface area contributed by atoms with Gasteiger partial charge >= 0.3 is 0 Å². The van der Waals surface area contributed by atoms with Crippen LogP contribution < -0.4 is 4.74 Å². The van der Waals surface area contributed by atoms with Crippen LogP contribution in [-0.4, -0.2) is 45.3 Å². The third-order valence-electron chi connectivity index (χ3n) is 5.25. The highest BCUT2D eigenvalue weighted by atomic mass is 16.5. The minimum Gasteiger partial charge on any atom is -0.503 e. The van der Waals surface area contributed by atoms with Crippen molar-refractivity contribution in [1.82, 2.24) is 14.9 Å². The van der Waals surface area contributed by atoms with Crippen molar-refractivity contribution < 1.29 is 19.4 Å². The van der Waals surface area contributed by atoms with Crippen LogP contribution in [0, 0.1) is 0 Å². The molecule has 2 N–H and O–H groups in total. The summed E-state index contributed by atoms with van der Waals surface area (Å²) in [5.41, 5.74) is 2.63. The summed E-state index contributed by atoms with van der Waals surface area (Å²) in [5.74, 6) is -0.636. The Balaban J connectivity index is 1.65. The van der Waals surface area contributed by atoms with E-state index in [-0.39, 0.29) is 11.4 Å². The van der Waals surface area contributed by atoms with Gasteiger partial charge in [0.25, 0.3) is 5.91 Å². The largest absolute Gasteiger partial charge is 0.503 e. The maximum atomic E-state index is 12.7. The number of Topliss-reactive ketones (excluding diaryl/α,β-unsaturated/α-hetero) is 1. The van der Waals surface area contributed by atoms with E-state index in [2.05, 4.69) is 9.97 Å². The van der Waals surface area contributed by atoms with E-state index < -0.39 is 17.7 Å². The number of hydrogen-bond acceptors (Lipinski definition) is 5. The first-order valence-electron chi connectivity index (χ1n) is 9.31. The highest BCUT2D eigenvalue weighted by Gasteiger charge is 2.42. The Morgan fingerprint density at radius 3 is 2.83 bits per heavy atom. The van der Waals surface area contributed by atoms with Crippen molar-refractivity contribution >= 4 is 22.6 Å². The van der Waals surface area contributed by atoms with Gasteiger partial charge in [0.05, 0.1) is 18.4 Å². The predicted molar refractivity (Wildman–Crippen MR) is 108 cm³/mol. The quantitative estimate of drug-likeness (QED) is 0.673. The van der Waals surface area contributed by atoms with E-state index in [9.17, 15) is 14.7 Å². The van der Waals surface area contributed by atoms with Gasteiger partial charge in [0, 0.05) is 29.8 Å². The molecule has 0 aliphatic carbocycles. The van der Waals surface area contributed by atoms with Crippen LogP contribution in [0.3, 0.4) is 0 Å². The Morgan fingerprint density at radius 2 is 2.14 bits per heavy atom. The number of carbonyl (C=O) groups is 2. The monoisotopic (exact) mass is 391 g/mol. The molecule has 7 heteroatoms. The Morgan fingerprint density at radius 1 is 1.31 bits per heavy atom. The van der Waals surface area contributed by atoms with Gasteiger partial charge in [-0.2, -0.15) is 0 Å². The molecule has 0 unspecified atom stereocenters. The normalized spacial score (nSPS) is 16.7. The molecule has 3 heterocycles. The number of ketones is 1. The number of nitrogens with zero attached hydrogens (tertiary/aromatic N) is 2. The predicted octanol–water partition coefficient (Wildman–Crippen LogP) is 3.10. The fraction of sp³-hybridized carbons (Fsp3) is 0.227. The van der Waals surface area contributed by atoms with Gasteiger partial charge in [0.2, 0.25) is 0 Å². The topological polar surface area (TPSA) is 95.5 Å². The molecule has 29 heavy (non-hydrogen) atoms. The smallest absolute Gasteiger partial charge is 0.290 e. The number of aliphatic hydroxyl groups excluding tert-OH is 1. The molecule has 7 nitrogen and oxygen atoms in total. The van der Waals surface area contributed by atoms with Crippen LogP contribution in [0.25, 0.3) is 10.9 Å². The number of pyridine rings is 1. The number of rotatable bonds is 6. The van der Waals surface area contributed by atoms with Crippen LogP contribution >= 0.6 is 0 Å². The van der Waals surface area contributed by atoms with Gasteiger partial charge in [-0.3, -0.25) is 14.6 Å². The third kappa shape index (κ3) is 3.24. The fourth-order valence-electron chi connectivity index (χ4n) is 3.82. The summed E-state index contributed by atoms with van der Waals surface area (Å²) in [6, 6.07) is 10.4. The first-order chi connectivity index (χ1) is 14.0. The van der Waals surface area contributed by atoms with E-state index in [1.165, 1.54) is 11.8 Å². The Labute approximate surface area is 167 Å². The second-order valence-electron chi connectivity index (χ2n) is 6.95. The minimum atomic E-state index is -0.694. The van der Waals surface area contributed by atoms with Crippen LogP contribution in [-0.2, 0) is 16.0 Å². The molecule has 0 spiro atoms. The van der Waals surface area contributed by atoms with E-state index in [1.807, 2.05) is 24.4 Å². The second kappa shape index (κ2) is 7.43. The second-order valence-corrected chi connectivity index (χ2v) is 6.95. The lowest BCUT2D eigenvalue weighted by Crippen LogP contribution is -2.33. The Kier molecular flexibility index (Phi) is 4.80. The van der Waals surface area contributed by atoms with Crippen LogP contribution in [0.1, 0.15) is 24.2 Å². The van der Waals surface area contributed by atoms with E-state index >= 15 is 0 Å². The number of amides is 1. The number of H-pyrrole nitrogens is 1. The lowest BCUT2D eigenvalue weighted by Gasteiger charge is -2.25. The Bertz CT molecular complexity index is 1120. The fourth-order valence-corrected chi connectivity index (χ4v) is 3.82. The van der Waals surface area contributed by atoms with Gasteiger partial charge in [-0.1, -0.05) is 6.07 Å². The first-order valence-corrected chi connectivity index (χ1v) is 9.31. The number of carbonyl (C=O) groups excluding carboxylic acids is 2. The summed E-state index contributed by atoms with van der Waals surface area (Å²) in [7, 11) is 1.62. The molecule has 3 aromatic rings. The molecule has 2 aromatic heterocycles. The summed E-state index contributed by atoms with van der Waals surface area (Å²) in [4.78, 5) is 33.9. The van der Waals surface area contributed by atoms with Gasteiger partial charge in [0.1, 0.15) is 11.8 Å². The molecule has 0 bridgehead atoms. The van der Waals surface area contributed by atoms with E-state index in [1.54, 1.807) is 31.5 Å². The number of hydrogen-bond donors (Lipinski definition) is 2. The van der Waals surface area contributed by atoms with Crippen molar-refractivity contribution in [2.24, 2.45) is 0 Å². The first kappa shape index (κ1) is 18.7. The molecule has 0 saturated heterocycles. The number of methoxy groups -OCH3 is 1. The number of nitrogens with one attached hydrogen (secondary N) is 1. The van der Waals surface area contributed by atoms with Gasteiger partial charge in [-0.15, -0.1) is 0 Å². The molecule has 1 aliphatic rings. The molecule has 0 fully saturated rings. The standard InChI is InChI=1S/C22H21N3O4/c1-13(26)19-20(18-5-3-4-9-23-18)25(22(28)21(19)27)10-8-14-12-24-17-7-6-15(29-2)11-16(14)17/h3-7,9,11-12,20,24,27H,8,10H2,1-2H3/t20-/m1/s1. The highest BCUT2D eigenvalue weighted by Crippen LogP contribution is 2.37. The highest BCUT2D eigenvalue weighted by molar-refractivity contribution is 6.08. The molecule has 1 atom stereocenters. The number of fused-ring (bicyclic) bond motifs is 1. The maximum absolute atomic E-state index is 12.7. The minimum absolute atomic E-state index is 0.0919. The average molecular weight is 391 g/mol. The van der Waals surface area contributed by atoms with Crippen LogP contribution in [0.15, 0.2) is 60.1 Å². The molecule has 1 aliphatic heterocycles. The maximum Gasteiger partial charge on any atom is 0.290 e. The SMILES string of the molecule is COc1ccc2[nH]cc(CCN3C(=O)C(O)=C(C(C)=O)[C@H]3c3ccccn3)c2c1. The number of aliphatic hydroxyl groups is 1. The summed E-state index contributed by atoms with van der Waals surface area (Å²) in [6.45, 7) is 1.68. The van der Waals surface area contributed by atoms with Crippen LogP contribution in [0.2, 0.25) is 0 Å². The van der Waals surface area contributed by atoms with Crippen LogP contribution in [0.5, 0.6) is 5.75 Å². The zero-order valence-electron chi connectivity index (χ0n) is 16.2. The molecule has 0 saturated carbocycles. The van der Waals surface area contributed by atoms with E-state index in [4.69, 9.17) is 4.74 Å². The van der Waals surface area contributed by atoms with Gasteiger partial charge in [-0.05, 0) is 49.2 Å². The molecule has 1 amide bonds. The average Bonchev–Trinajstić information content (AvgIpc) is 3.25. The summed E-state index contributed by atoms with van der Waals surface area (Å²) >= 11 is 0. The third-order valence-corrected chi connectivity index (χ3v) is 5.25. The molecule has 4 rings (SSSR count). The van der Waals surface area contributed by atoms with Crippen molar-refractivity contribution in [2.75, 3.05) is 13.7 Å². The Hall–Kier alpha value is -3.61. The van der Waals surface area contributed by atoms with E-state index in [0.29, 0.717) is 18.7 Å². The van der Waals surface area contributed by atoms with Gasteiger partial charge in [-0.25, -0.2) is 0 Å². The number of ether oxygens (including phenoxy) is 1. The van der Waals surface area contributed by atoms with Gasteiger partial charge in [0.15, 0.2) is 11.5 Å². The number of benzene rings is 1. The lowest BCUT2D eigenvalue weighted by molar-refractivity contribution is -0.129. The zero-order valence-corrected chi connectivity index (χ0v) is 16.2. The van der Waals surface area contributed by atoms with Crippen molar-refractivity contribution in [2.45, 2.75) is 19.4 Å². The summed E-state index contributed by atoms with van der Waals surface area (Å²) < 4.78 is 5.31. The molecule has 0 radical (unpaired) electrons. The van der Waals surface area contributed by atoms with Crippen molar-refractivity contribution in [1.29, 1.82) is 0 Å². The number of aromatic nitrogens is 2. The summed E-state index contributed by atoms with van der Waals surface area (Å²) in [6.07, 6.45) is 4.05. The zero-order chi connectivity index (χ0) is 20.5. The molecular formula is C22H21N3O4. The van der Waals surface area contributed by atoms with Crippen molar-refractivity contribution in [3.63, 3.8) is 0 Å². The lowest BCUT2D eigenvalue weighted by atomic mass is 10.0. The molecule has 1 aromatic carbocycles. The molecular weight excluding hydrogens is 370 g/mol. The molecule has 148 valence electrons.